The van der Waals surface area contributed by atoms with E-state index >= 15 is 0 Å². The predicted molar refractivity (Wildman–Crippen MR) is 94.6 cm³/mol. The standard InChI is InChI=1S/C18H16BrF3N2O2/c1-26-17-10(9-25)8-13(18(20,21)22)16(24-17)23-15-7-3-4-11-12(15)5-2-6-14(11)19/h2,5-6,8-9,15H,3-4,7H2,1H3,(H,23,24). The number of nitrogens with one attached hydrogen (secondary N) is 1. The number of pyridine rings is 1. The molecule has 1 aliphatic carbocycles. The Hall–Kier alpha value is -2.09. The molecular weight excluding hydrogens is 413 g/mol. The van der Waals surface area contributed by atoms with Gasteiger partial charge in [-0.3, -0.25) is 4.79 Å². The molecule has 1 heterocycles. The molecule has 8 heteroatoms. The lowest BCUT2D eigenvalue weighted by Gasteiger charge is -2.28. The van der Waals surface area contributed by atoms with E-state index in [4.69, 9.17) is 4.74 Å². The SMILES string of the molecule is COc1nc(NC2CCCc3c(Br)cccc32)c(C(F)(F)F)cc1C=O. The molecule has 0 aliphatic heterocycles. The number of hydrogen-bond donors (Lipinski definition) is 1. The van der Waals surface area contributed by atoms with Crippen molar-refractivity contribution in [1.29, 1.82) is 0 Å². The molecule has 2 aromatic rings. The van der Waals surface area contributed by atoms with Crippen molar-refractivity contribution in [2.45, 2.75) is 31.5 Å². The number of benzene rings is 1. The minimum absolute atomic E-state index is 0.138. The van der Waals surface area contributed by atoms with Crippen LogP contribution in [0.15, 0.2) is 28.7 Å². The minimum atomic E-state index is -4.64. The third-order valence-electron chi connectivity index (χ3n) is 4.40. The maximum Gasteiger partial charge on any atom is 0.419 e. The number of alkyl halides is 3. The molecule has 0 amide bonds. The van der Waals surface area contributed by atoms with E-state index in [0.29, 0.717) is 12.7 Å². The molecule has 0 spiro atoms. The number of methoxy groups -OCH3 is 1. The van der Waals surface area contributed by atoms with Crippen molar-refractivity contribution in [2.75, 3.05) is 12.4 Å². The molecule has 26 heavy (non-hydrogen) atoms. The Kier molecular flexibility index (Phi) is 5.22. The second-order valence-corrected chi connectivity index (χ2v) is 6.85. The maximum atomic E-state index is 13.5. The Labute approximate surface area is 156 Å². The maximum absolute atomic E-state index is 13.5. The summed E-state index contributed by atoms with van der Waals surface area (Å²) in [5.41, 5.74) is 0.806. The van der Waals surface area contributed by atoms with E-state index in [2.05, 4.69) is 26.2 Å². The van der Waals surface area contributed by atoms with Crippen molar-refractivity contribution in [3.8, 4) is 5.88 Å². The molecule has 0 bridgehead atoms. The Morgan fingerprint density at radius 1 is 1.38 bits per heavy atom. The molecule has 1 aromatic carbocycles. The van der Waals surface area contributed by atoms with E-state index in [-0.39, 0.29) is 23.3 Å². The first-order chi connectivity index (χ1) is 12.3. The number of halogens is 4. The molecule has 1 aliphatic rings. The largest absolute Gasteiger partial charge is 0.480 e. The highest BCUT2D eigenvalue weighted by atomic mass is 79.9. The molecule has 138 valence electrons. The van der Waals surface area contributed by atoms with Gasteiger partial charge in [0.25, 0.3) is 0 Å². The summed E-state index contributed by atoms with van der Waals surface area (Å²) in [7, 11) is 1.26. The Bertz CT molecular complexity index is 840. The highest BCUT2D eigenvalue weighted by Crippen LogP contribution is 2.40. The summed E-state index contributed by atoms with van der Waals surface area (Å²) in [5, 5.41) is 2.92. The Balaban J connectivity index is 2.06. The fraction of sp³-hybridized carbons (Fsp3) is 0.333. The molecule has 1 aromatic heterocycles. The van der Waals surface area contributed by atoms with Gasteiger partial charge in [0.05, 0.1) is 24.3 Å². The average Bonchev–Trinajstić information content (AvgIpc) is 2.61. The quantitative estimate of drug-likeness (QED) is 0.682. The molecule has 1 atom stereocenters. The number of aldehydes is 1. The fourth-order valence-electron chi connectivity index (χ4n) is 3.20. The first-order valence-corrected chi connectivity index (χ1v) is 8.79. The van der Waals surface area contributed by atoms with Gasteiger partial charge in [-0.2, -0.15) is 18.2 Å². The van der Waals surface area contributed by atoms with Crippen LogP contribution in [0.4, 0.5) is 19.0 Å². The summed E-state index contributed by atoms with van der Waals surface area (Å²) in [5.74, 6) is -0.474. The van der Waals surface area contributed by atoms with Gasteiger partial charge in [0.2, 0.25) is 5.88 Å². The third-order valence-corrected chi connectivity index (χ3v) is 5.14. The third kappa shape index (κ3) is 3.56. The Morgan fingerprint density at radius 2 is 2.15 bits per heavy atom. The van der Waals surface area contributed by atoms with Gasteiger partial charge in [-0.25, -0.2) is 0 Å². The molecule has 1 N–H and O–H groups in total. The van der Waals surface area contributed by atoms with Gasteiger partial charge in [0.15, 0.2) is 6.29 Å². The highest BCUT2D eigenvalue weighted by Gasteiger charge is 2.37. The first kappa shape index (κ1) is 18.7. The van der Waals surface area contributed by atoms with Crippen LogP contribution in [-0.4, -0.2) is 18.4 Å². The summed E-state index contributed by atoms with van der Waals surface area (Å²) >= 11 is 3.50. The number of fused-ring (bicyclic) bond motifs is 1. The monoisotopic (exact) mass is 428 g/mol. The predicted octanol–water partition coefficient (Wildman–Crippen LogP) is 5.17. The fourth-order valence-corrected chi connectivity index (χ4v) is 3.78. The van der Waals surface area contributed by atoms with E-state index < -0.39 is 11.7 Å². The lowest BCUT2D eigenvalue weighted by atomic mass is 9.87. The minimum Gasteiger partial charge on any atom is -0.480 e. The van der Waals surface area contributed by atoms with Crippen molar-refractivity contribution in [2.24, 2.45) is 0 Å². The van der Waals surface area contributed by atoms with Crippen molar-refractivity contribution in [1.82, 2.24) is 4.98 Å². The summed E-state index contributed by atoms with van der Waals surface area (Å²) in [4.78, 5) is 15.0. The summed E-state index contributed by atoms with van der Waals surface area (Å²) in [6.07, 6.45) is -1.95. The second-order valence-electron chi connectivity index (χ2n) is 6.00. The zero-order valence-electron chi connectivity index (χ0n) is 13.9. The van der Waals surface area contributed by atoms with Gasteiger partial charge >= 0.3 is 6.18 Å². The lowest BCUT2D eigenvalue weighted by Crippen LogP contribution is -2.21. The summed E-state index contributed by atoms with van der Waals surface area (Å²) in [6, 6.07) is 6.14. The van der Waals surface area contributed by atoms with Crippen LogP contribution in [0.5, 0.6) is 5.88 Å². The van der Waals surface area contributed by atoms with Crippen LogP contribution in [-0.2, 0) is 12.6 Å². The number of hydrogen-bond acceptors (Lipinski definition) is 4. The number of nitrogens with zero attached hydrogens (tertiary/aromatic N) is 1. The number of ether oxygens (including phenoxy) is 1. The number of aromatic nitrogens is 1. The van der Waals surface area contributed by atoms with Crippen LogP contribution in [0.1, 0.15) is 45.9 Å². The molecule has 0 saturated heterocycles. The van der Waals surface area contributed by atoms with Gasteiger partial charge in [0.1, 0.15) is 5.82 Å². The van der Waals surface area contributed by atoms with Gasteiger partial charge in [-0.05, 0) is 42.5 Å². The zero-order valence-corrected chi connectivity index (χ0v) is 15.4. The number of carbonyl (C=O) groups excluding carboxylic acids is 1. The van der Waals surface area contributed by atoms with E-state index in [1.54, 1.807) is 0 Å². The molecule has 0 saturated carbocycles. The highest BCUT2D eigenvalue weighted by molar-refractivity contribution is 9.10. The molecule has 1 unspecified atom stereocenters. The molecule has 3 rings (SSSR count). The van der Waals surface area contributed by atoms with E-state index in [1.165, 1.54) is 7.11 Å². The zero-order chi connectivity index (χ0) is 18.9. The van der Waals surface area contributed by atoms with Crippen LogP contribution in [0.2, 0.25) is 0 Å². The first-order valence-electron chi connectivity index (χ1n) is 8.00. The number of anilines is 1. The summed E-state index contributed by atoms with van der Waals surface area (Å²) in [6.45, 7) is 0. The van der Waals surface area contributed by atoms with Crippen molar-refractivity contribution in [3.63, 3.8) is 0 Å². The van der Waals surface area contributed by atoms with Gasteiger partial charge < -0.3 is 10.1 Å². The van der Waals surface area contributed by atoms with E-state index in [1.807, 2.05) is 18.2 Å². The van der Waals surface area contributed by atoms with Crippen molar-refractivity contribution < 1.29 is 22.7 Å². The smallest absolute Gasteiger partial charge is 0.419 e. The van der Waals surface area contributed by atoms with Gasteiger partial charge in [0, 0.05) is 4.47 Å². The molecule has 0 radical (unpaired) electrons. The topological polar surface area (TPSA) is 51.2 Å². The molecular formula is C18H16BrF3N2O2. The van der Waals surface area contributed by atoms with E-state index in [9.17, 15) is 18.0 Å². The van der Waals surface area contributed by atoms with Crippen LogP contribution in [0.25, 0.3) is 0 Å². The van der Waals surface area contributed by atoms with Crippen LogP contribution >= 0.6 is 15.9 Å². The average molecular weight is 429 g/mol. The molecule has 0 fully saturated rings. The molecule has 4 nitrogen and oxygen atoms in total. The van der Waals surface area contributed by atoms with Crippen LogP contribution in [0.3, 0.4) is 0 Å². The normalized spacial score (nSPS) is 16.7. The Morgan fingerprint density at radius 3 is 2.81 bits per heavy atom. The summed E-state index contributed by atoms with van der Waals surface area (Å²) < 4.78 is 46.3. The van der Waals surface area contributed by atoms with Crippen molar-refractivity contribution in [3.05, 3.63) is 51.0 Å². The van der Waals surface area contributed by atoms with Crippen molar-refractivity contribution >= 4 is 28.0 Å². The number of carbonyl (C=O) groups is 1. The van der Waals surface area contributed by atoms with Crippen LogP contribution in [0, 0.1) is 0 Å². The van der Waals surface area contributed by atoms with Crippen LogP contribution < -0.4 is 10.1 Å². The van der Waals surface area contributed by atoms with E-state index in [0.717, 1.165) is 34.5 Å². The second kappa shape index (κ2) is 7.26. The van der Waals surface area contributed by atoms with Gasteiger partial charge in [-0.1, -0.05) is 28.1 Å². The lowest BCUT2D eigenvalue weighted by molar-refractivity contribution is -0.137. The van der Waals surface area contributed by atoms with Gasteiger partial charge in [-0.15, -0.1) is 0 Å². The number of rotatable bonds is 4.